The summed E-state index contributed by atoms with van der Waals surface area (Å²) in [6.45, 7) is 0.787. The molecule has 2 aromatic carbocycles. The average Bonchev–Trinajstić information content (AvgIpc) is 3.08. The van der Waals surface area contributed by atoms with Crippen LogP contribution >= 0.6 is 0 Å². The molecule has 3 N–H and O–H groups in total. The maximum atomic E-state index is 5.87. The van der Waals surface area contributed by atoms with Crippen LogP contribution in [0.5, 0.6) is 0 Å². The fraction of sp³-hybridized carbons (Fsp3) is 0.100. The predicted octanol–water partition coefficient (Wildman–Crippen LogP) is 4.13. The molecule has 0 saturated carbocycles. The minimum absolute atomic E-state index is 0.564. The summed E-state index contributed by atoms with van der Waals surface area (Å²) in [6, 6.07) is 19.9. The molecule has 0 unspecified atom stereocenters. The standard InChI is InChI=1S/C20H18N4O/c21-16-8-4-7-15(11-16)18-12-17-19(23-13-24-20(17)25-18)22-10-9-14-5-2-1-3-6-14/h1-8,11-13H,9-10,21H2,(H,22,23,24). The second-order valence-electron chi connectivity index (χ2n) is 5.84. The van der Waals surface area contributed by atoms with Gasteiger partial charge in [-0.3, -0.25) is 0 Å². The zero-order valence-electron chi connectivity index (χ0n) is 13.6. The lowest BCUT2D eigenvalue weighted by molar-refractivity contribution is 0.617. The van der Waals surface area contributed by atoms with Gasteiger partial charge >= 0.3 is 0 Å². The SMILES string of the molecule is Nc1cccc(-c2cc3c(NCCc4ccccc4)ncnc3o2)c1. The van der Waals surface area contributed by atoms with Crippen molar-refractivity contribution in [3.05, 3.63) is 72.6 Å². The highest BCUT2D eigenvalue weighted by molar-refractivity contribution is 5.89. The number of nitrogens with one attached hydrogen (secondary N) is 1. The fourth-order valence-electron chi connectivity index (χ4n) is 2.80. The third-order valence-electron chi connectivity index (χ3n) is 4.05. The number of aromatic nitrogens is 2. The Morgan fingerprint density at radius 1 is 0.960 bits per heavy atom. The van der Waals surface area contributed by atoms with Crippen LogP contribution in [0.25, 0.3) is 22.4 Å². The van der Waals surface area contributed by atoms with Crippen molar-refractivity contribution >= 4 is 22.6 Å². The molecule has 0 atom stereocenters. The topological polar surface area (TPSA) is 77.0 Å². The van der Waals surface area contributed by atoms with Crippen molar-refractivity contribution in [2.24, 2.45) is 0 Å². The van der Waals surface area contributed by atoms with Crippen LogP contribution in [0, 0.1) is 0 Å². The molecule has 0 saturated heterocycles. The Hall–Kier alpha value is -3.34. The maximum Gasteiger partial charge on any atom is 0.231 e. The van der Waals surface area contributed by atoms with Gasteiger partial charge in [0.2, 0.25) is 5.71 Å². The van der Waals surface area contributed by atoms with E-state index in [1.807, 2.05) is 48.5 Å². The van der Waals surface area contributed by atoms with Crippen LogP contribution in [0.4, 0.5) is 11.5 Å². The Bertz CT molecular complexity index is 995. The Balaban J connectivity index is 1.57. The Kier molecular flexibility index (Phi) is 4.04. The van der Waals surface area contributed by atoms with E-state index in [0.717, 1.165) is 35.5 Å². The van der Waals surface area contributed by atoms with Gasteiger partial charge < -0.3 is 15.5 Å². The summed E-state index contributed by atoms with van der Waals surface area (Å²) < 4.78 is 5.87. The van der Waals surface area contributed by atoms with E-state index in [-0.39, 0.29) is 0 Å². The van der Waals surface area contributed by atoms with Gasteiger partial charge in [0.1, 0.15) is 17.9 Å². The van der Waals surface area contributed by atoms with Crippen LogP contribution in [-0.4, -0.2) is 16.5 Å². The van der Waals surface area contributed by atoms with Crippen molar-refractivity contribution in [3.63, 3.8) is 0 Å². The molecular weight excluding hydrogens is 312 g/mol. The Labute approximate surface area is 145 Å². The highest BCUT2D eigenvalue weighted by Gasteiger charge is 2.11. The Morgan fingerprint density at radius 2 is 1.84 bits per heavy atom. The first-order valence-electron chi connectivity index (χ1n) is 8.18. The number of nitrogen functional groups attached to an aromatic ring is 1. The number of benzene rings is 2. The van der Waals surface area contributed by atoms with Crippen molar-refractivity contribution in [1.82, 2.24) is 9.97 Å². The summed E-state index contributed by atoms with van der Waals surface area (Å²) in [6.07, 6.45) is 2.44. The first-order chi connectivity index (χ1) is 12.3. The molecule has 4 rings (SSSR count). The normalized spacial score (nSPS) is 10.9. The molecule has 0 aliphatic heterocycles. The Morgan fingerprint density at radius 3 is 2.68 bits per heavy atom. The van der Waals surface area contributed by atoms with Crippen molar-refractivity contribution in [3.8, 4) is 11.3 Å². The van der Waals surface area contributed by atoms with E-state index in [1.165, 1.54) is 11.9 Å². The van der Waals surface area contributed by atoms with Gasteiger partial charge in [0.15, 0.2) is 0 Å². The number of fused-ring (bicyclic) bond motifs is 1. The van der Waals surface area contributed by atoms with Gasteiger partial charge in [-0.1, -0.05) is 42.5 Å². The lowest BCUT2D eigenvalue weighted by atomic mass is 10.1. The summed E-state index contributed by atoms with van der Waals surface area (Å²) in [4.78, 5) is 8.58. The second-order valence-corrected chi connectivity index (χ2v) is 5.84. The van der Waals surface area contributed by atoms with Crippen molar-refractivity contribution in [2.75, 3.05) is 17.6 Å². The summed E-state index contributed by atoms with van der Waals surface area (Å²) in [5, 5.41) is 4.25. The predicted molar refractivity (Wildman–Crippen MR) is 100 cm³/mol. The number of hydrogen-bond acceptors (Lipinski definition) is 5. The summed E-state index contributed by atoms with van der Waals surface area (Å²) in [5.41, 5.74) is 9.33. The van der Waals surface area contributed by atoms with Crippen LogP contribution in [0.3, 0.4) is 0 Å². The quantitative estimate of drug-likeness (QED) is 0.538. The molecule has 5 heteroatoms. The molecule has 4 aromatic rings. The van der Waals surface area contributed by atoms with Gasteiger partial charge in [0.05, 0.1) is 5.39 Å². The van der Waals surface area contributed by atoms with E-state index in [4.69, 9.17) is 10.2 Å². The van der Waals surface area contributed by atoms with Crippen molar-refractivity contribution in [2.45, 2.75) is 6.42 Å². The van der Waals surface area contributed by atoms with Crippen molar-refractivity contribution in [1.29, 1.82) is 0 Å². The van der Waals surface area contributed by atoms with Gasteiger partial charge in [-0.2, -0.15) is 0 Å². The number of rotatable bonds is 5. The summed E-state index contributed by atoms with van der Waals surface area (Å²) in [7, 11) is 0. The van der Waals surface area contributed by atoms with Gasteiger partial charge in [-0.05, 0) is 30.2 Å². The molecule has 0 amide bonds. The largest absolute Gasteiger partial charge is 0.438 e. The smallest absolute Gasteiger partial charge is 0.231 e. The highest BCUT2D eigenvalue weighted by Crippen LogP contribution is 2.30. The molecule has 0 radical (unpaired) electrons. The number of hydrogen-bond donors (Lipinski definition) is 2. The van der Waals surface area contributed by atoms with E-state index in [0.29, 0.717) is 11.4 Å². The van der Waals surface area contributed by atoms with Crippen LogP contribution in [0.15, 0.2) is 71.4 Å². The first kappa shape index (κ1) is 15.2. The van der Waals surface area contributed by atoms with Crippen LogP contribution in [0.1, 0.15) is 5.56 Å². The third-order valence-corrected chi connectivity index (χ3v) is 4.05. The molecule has 25 heavy (non-hydrogen) atoms. The maximum absolute atomic E-state index is 5.87. The summed E-state index contributed by atoms with van der Waals surface area (Å²) in [5.74, 6) is 1.51. The zero-order chi connectivity index (χ0) is 17.1. The van der Waals surface area contributed by atoms with Crippen LogP contribution in [-0.2, 0) is 6.42 Å². The first-order valence-corrected chi connectivity index (χ1v) is 8.18. The van der Waals surface area contributed by atoms with E-state index >= 15 is 0 Å². The van der Waals surface area contributed by atoms with Gasteiger partial charge in [-0.25, -0.2) is 9.97 Å². The average molecular weight is 330 g/mol. The molecule has 0 fully saturated rings. The van der Waals surface area contributed by atoms with E-state index in [9.17, 15) is 0 Å². The van der Waals surface area contributed by atoms with Crippen molar-refractivity contribution < 1.29 is 4.42 Å². The van der Waals surface area contributed by atoms with E-state index in [1.54, 1.807) is 0 Å². The molecule has 0 aliphatic carbocycles. The highest BCUT2D eigenvalue weighted by atomic mass is 16.3. The molecule has 2 heterocycles. The van der Waals surface area contributed by atoms with Crippen LogP contribution in [0.2, 0.25) is 0 Å². The molecule has 0 aliphatic rings. The number of nitrogens with zero attached hydrogens (tertiary/aromatic N) is 2. The third kappa shape index (κ3) is 3.30. The van der Waals surface area contributed by atoms with E-state index < -0.39 is 0 Å². The van der Waals surface area contributed by atoms with Crippen LogP contribution < -0.4 is 11.1 Å². The lowest BCUT2D eigenvalue weighted by Crippen LogP contribution is -2.06. The fourth-order valence-corrected chi connectivity index (χ4v) is 2.80. The molecule has 0 bridgehead atoms. The lowest BCUT2D eigenvalue weighted by Gasteiger charge is -2.05. The van der Waals surface area contributed by atoms with Gasteiger partial charge in [0.25, 0.3) is 0 Å². The number of nitrogens with two attached hydrogens (primary N) is 1. The molecule has 2 aromatic heterocycles. The van der Waals surface area contributed by atoms with Gasteiger partial charge in [0, 0.05) is 17.8 Å². The zero-order valence-corrected chi connectivity index (χ0v) is 13.6. The van der Waals surface area contributed by atoms with E-state index in [2.05, 4.69) is 27.4 Å². The molecule has 5 nitrogen and oxygen atoms in total. The molecule has 0 spiro atoms. The van der Waals surface area contributed by atoms with Gasteiger partial charge in [-0.15, -0.1) is 0 Å². The number of anilines is 2. The second kappa shape index (κ2) is 6.65. The molecule has 124 valence electrons. The molecular formula is C20H18N4O. The monoisotopic (exact) mass is 330 g/mol. The summed E-state index contributed by atoms with van der Waals surface area (Å²) >= 11 is 0. The number of furan rings is 1. The minimum atomic E-state index is 0.564. The minimum Gasteiger partial charge on any atom is -0.438 e.